The first-order valence-corrected chi connectivity index (χ1v) is 8.41. The molecule has 1 aromatic rings. The molecule has 2 aliphatic heterocycles. The summed E-state index contributed by atoms with van der Waals surface area (Å²) in [6, 6.07) is 5.67. The summed E-state index contributed by atoms with van der Waals surface area (Å²) in [4.78, 5) is 4.69. The normalized spacial score (nSPS) is 27.0. The van der Waals surface area contributed by atoms with Crippen LogP contribution in [0.3, 0.4) is 0 Å². The minimum Gasteiger partial charge on any atom is -0.399 e. The molecule has 2 heterocycles. The topological polar surface area (TPSA) is 51.0 Å². The standard InChI is InChI=1S/C17H19Cl2NO3/c1-22-20-6-2-3-12-13(8-11-9-16(21)17(12)23-11)10-4-5-14(18)15(19)7-10/h4-7,11,16-17,21H,2-3,8-9H2,1H3. The molecule has 0 amide bonds. The minimum absolute atomic E-state index is 0.0656. The lowest BCUT2D eigenvalue weighted by Crippen LogP contribution is -2.27. The predicted molar refractivity (Wildman–Crippen MR) is 92.0 cm³/mol. The highest BCUT2D eigenvalue weighted by atomic mass is 35.5. The lowest BCUT2D eigenvalue weighted by molar-refractivity contribution is 0.0261. The van der Waals surface area contributed by atoms with E-state index < -0.39 is 6.10 Å². The van der Waals surface area contributed by atoms with Crippen molar-refractivity contribution in [2.45, 2.75) is 44.0 Å². The van der Waals surface area contributed by atoms with Crippen molar-refractivity contribution in [1.29, 1.82) is 0 Å². The van der Waals surface area contributed by atoms with Crippen LogP contribution < -0.4 is 0 Å². The third kappa shape index (κ3) is 3.56. The molecule has 0 spiro atoms. The van der Waals surface area contributed by atoms with Gasteiger partial charge in [0.05, 0.1) is 22.3 Å². The van der Waals surface area contributed by atoms with Gasteiger partial charge in [0.15, 0.2) is 0 Å². The zero-order chi connectivity index (χ0) is 16.4. The molecule has 1 fully saturated rings. The van der Waals surface area contributed by atoms with Gasteiger partial charge < -0.3 is 14.7 Å². The molecule has 0 aromatic heterocycles. The molecule has 4 nitrogen and oxygen atoms in total. The number of ether oxygens (including phenoxy) is 1. The van der Waals surface area contributed by atoms with Crippen LogP contribution in [0.5, 0.6) is 0 Å². The molecule has 1 saturated heterocycles. The van der Waals surface area contributed by atoms with Gasteiger partial charge in [0, 0.05) is 12.6 Å². The zero-order valence-corrected chi connectivity index (χ0v) is 14.3. The van der Waals surface area contributed by atoms with E-state index in [1.807, 2.05) is 18.2 Å². The molecule has 2 bridgehead atoms. The lowest BCUT2D eigenvalue weighted by atomic mass is 9.89. The molecule has 0 aliphatic carbocycles. The first kappa shape index (κ1) is 16.8. The number of oxime groups is 1. The quantitative estimate of drug-likeness (QED) is 0.639. The van der Waals surface area contributed by atoms with E-state index in [-0.39, 0.29) is 12.2 Å². The summed E-state index contributed by atoms with van der Waals surface area (Å²) in [6.45, 7) is 0. The van der Waals surface area contributed by atoms with Crippen LogP contribution in [0, 0.1) is 0 Å². The van der Waals surface area contributed by atoms with E-state index in [4.69, 9.17) is 32.8 Å². The summed E-state index contributed by atoms with van der Waals surface area (Å²) in [6.07, 6.45) is 4.04. The van der Waals surface area contributed by atoms with E-state index in [1.54, 1.807) is 6.21 Å². The van der Waals surface area contributed by atoms with Gasteiger partial charge in [-0.05, 0) is 48.1 Å². The molecule has 124 valence electrons. The Morgan fingerprint density at radius 2 is 2.22 bits per heavy atom. The number of hydrogen-bond acceptors (Lipinski definition) is 4. The van der Waals surface area contributed by atoms with Crippen molar-refractivity contribution in [1.82, 2.24) is 0 Å². The first-order valence-electron chi connectivity index (χ1n) is 7.66. The third-order valence-corrected chi connectivity index (χ3v) is 5.09. The van der Waals surface area contributed by atoms with E-state index >= 15 is 0 Å². The second-order valence-electron chi connectivity index (χ2n) is 5.83. The summed E-state index contributed by atoms with van der Waals surface area (Å²) in [5.74, 6) is 0. The van der Waals surface area contributed by atoms with Gasteiger partial charge in [-0.3, -0.25) is 0 Å². The molecule has 1 aromatic carbocycles. The van der Waals surface area contributed by atoms with Crippen LogP contribution in [0.2, 0.25) is 10.0 Å². The van der Waals surface area contributed by atoms with Gasteiger partial charge in [-0.25, -0.2) is 0 Å². The van der Waals surface area contributed by atoms with E-state index in [0.29, 0.717) is 16.5 Å². The maximum absolute atomic E-state index is 10.3. The summed E-state index contributed by atoms with van der Waals surface area (Å²) < 4.78 is 5.94. The number of benzene rings is 1. The molecule has 3 unspecified atom stereocenters. The Labute approximate surface area is 145 Å². The summed E-state index contributed by atoms with van der Waals surface area (Å²) >= 11 is 12.2. The number of halogens is 2. The highest BCUT2D eigenvalue weighted by molar-refractivity contribution is 6.42. The Balaban J connectivity index is 1.94. The van der Waals surface area contributed by atoms with Crippen molar-refractivity contribution in [2.75, 3.05) is 7.11 Å². The van der Waals surface area contributed by atoms with Gasteiger partial charge in [-0.1, -0.05) is 34.4 Å². The Kier molecular flexibility index (Phi) is 5.27. The number of aliphatic hydroxyl groups excluding tert-OH is 1. The van der Waals surface area contributed by atoms with Crippen molar-refractivity contribution in [3.05, 3.63) is 39.4 Å². The van der Waals surface area contributed by atoms with Crippen molar-refractivity contribution in [3.63, 3.8) is 0 Å². The maximum atomic E-state index is 10.3. The van der Waals surface area contributed by atoms with Crippen LogP contribution in [0.1, 0.15) is 31.2 Å². The van der Waals surface area contributed by atoms with Crippen LogP contribution in [0.4, 0.5) is 0 Å². The van der Waals surface area contributed by atoms with Gasteiger partial charge >= 0.3 is 0 Å². The third-order valence-electron chi connectivity index (χ3n) is 4.35. The number of aliphatic hydroxyl groups is 1. The van der Waals surface area contributed by atoms with Gasteiger partial charge in [-0.2, -0.15) is 0 Å². The molecule has 2 aliphatic rings. The van der Waals surface area contributed by atoms with Crippen molar-refractivity contribution in [3.8, 4) is 0 Å². The molecule has 6 heteroatoms. The van der Waals surface area contributed by atoms with E-state index in [1.165, 1.54) is 12.7 Å². The highest BCUT2D eigenvalue weighted by Crippen LogP contribution is 2.43. The van der Waals surface area contributed by atoms with Crippen LogP contribution >= 0.6 is 23.2 Å². The lowest BCUT2D eigenvalue weighted by Gasteiger charge is -2.28. The smallest absolute Gasteiger partial charge is 0.106 e. The predicted octanol–water partition coefficient (Wildman–Crippen LogP) is 4.08. The fraction of sp³-hybridized carbons (Fsp3) is 0.471. The van der Waals surface area contributed by atoms with Gasteiger partial charge in [-0.15, -0.1) is 0 Å². The van der Waals surface area contributed by atoms with Crippen molar-refractivity contribution in [2.24, 2.45) is 5.16 Å². The van der Waals surface area contributed by atoms with E-state index in [2.05, 4.69) is 5.16 Å². The fourth-order valence-electron chi connectivity index (χ4n) is 3.35. The zero-order valence-electron chi connectivity index (χ0n) is 12.8. The molecule has 23 heavy (non-hydrogen) atoms. The first-order chi connectivity index (χ1) is 11.1. The second-order valence-corrected chi connectivity index (χ2v) is 6.64. The summed E-state index contributed by atoms with van der Waals surface area (Å²) in [5, 5.41) is 15.1. The average molecular weight is 356 g/mol. The summed E-state index contributed by atoms with van der Waals surface area (Å²) in [7, 11) is 1.52. The van der Waals surface area contributed by atoms with E-state index in [0.717, 1.165) is 30.4 Å². The number of rotatable bonds is 5. The highest BCUT2D eigenvalue weighted by Gasteiger charge is 2.41. The average Bonchev–Trinajstić information content (AvgIpc) is 2.84. The van der Waals surface area contributed by atoms with Crippen LogP contribution in [0.15, 0.2) is 28.9 Å². The second kappa shape index (κ2) is 7.22. The molecule has 3 atom stereocenters. The molecular weight excluding hydrogens is 337 g/mol. The van der Waals surface area contributed by atoms with E-state index in [9.17, 15) is 5.11 Å². The molecule has 1 N–H and O–H groups in total. The van der Waals surface area contributed by atoms with Crippen molar-refractivity contribution < 1.29 is 14.7 Å². The Morgan fingerprint density at radius 3 is 2.96 bits per heavy atom. The van der Waals surface area contributed by atoms with Crippen LogP contribution in [0.25, 0.3) is 5.57 Å². The SMILES string of the molecule is CON=CCCC1=C(c2ccc(Cl)c(Cl)c2)CC2CC(O)C1O2. The molecular formula is C17H19Cl2NO3. The molecule has 0 saturated carbocycles. The van der Waals surface area contributed by atoms with Gasteiger partial charge in [0.1, 0.15) is 13.2 Å². The maximum Gasteiger partial charge on any atom is 0.106 e. The Morgan fingerprint density at radius 1 is 1.39 bits per heavy atom. The molecule has 3 rings (SSSR count). The molecule has 0 radical (unpaired) electrons. The number of fused-ring (bicyclic) bond motifs is 2. The van der Waals surface area contributed by atoms with Crippen molar-refractivity contribution >= 4 is 35.0 Å². The monoisotopic (exact) mass is 355 g/mol. The minimum atomic E-state index is -0.449. The summed E-state index contributed by atoms with van der Waals surface area (Å²) in [5.41, 5.74) is 3.37. The Bertz CT molecular complexity index is 645. The Hall–Kier alpha value is -1.07. The largest absolute Gasteiger partial charge is 0.399 e. The van der Waals surface area contributed by atoms with Crippen LogP contribution in [-0.4, -0.2) is 36.7 Å². The van der Waals surface area contributed by atoms with Gasteiger partial charge in [0.2, 0.25) is 0 Å². The van der Waals surface area contributed by atoms with Crippen LogP contribution in [-0.2, 0) is 9.57 Å². The number of hydrogen-bond donors (Lipinski definition) is 1. The number of nitrogens with zero attached hydrogens (tertiary/aromatic N) is 1. The van der Waals surface area contributed by atoms with Gasteiger partial charge in [0.25, 0.3) is 0 Å². The fourth-order valence-corrected chi connectivity index (χ4v) is 3.65.